The smallest absolute Gasteiger partial charge is 0.331 e. The van der Waals surface area contributed by atoms with Gasteiger partial charge in [-0.05, 0) is 61.0 Å². The van der Waals surface area contributed by atoms with Crippen molar-refractivity contribution in [1.82, 2.24) is 4.98 Å². The van der Waals surface area contributed by atoms with Gasteiger partial charge < -0.3 is 21.1 Å². The molecule has 0 fully saturated rings. The first-order chi connectivity index (χ1) is 20.5. The topological polar surface area (TPSA) is 153 Å². The SMILES string of the molecule is COC(=O)[C@H](Cc1ccc(NC(=O)c2c(Cl)cccc2Cl)cc1)N=C(N)Nc1cccnc1S(=O)(=O)c1ccc(C)cc1. The fraction of sp³-hybridized carbons (Fsp3) is 0.133. The molecule has 4 N–H and O–H groups in total. The van der Waals surface area contributed by atoms with Crippen molar-refractivity contribution in [3.05, 3.63) is 112 Å². The maximum absolute atomic E-state index is 13.3. The molecule has 4 aromatic rings. The summed E-state index contributed by atoms with van der Waals surface area (Å²) in [5.74, 6) is -1.35. The summed E-state index contributed by atoms with van der Waals surface area (Å²) in [7, 11) is -2.76. The average molecular weight is 641 g/mol. The van der Waals surface area contributed by atoms with Crippen LogP contribution in [-0.4, -0.2) is 44.4 Å². The number of methoxy groups -OCH3 is 1. The van der Waals surface area contributed by atoms with E-state index >= 15 is 0 Å². The molecule has 4 rings (SSSR count). The summed E-state index contributed by atoms with van der Waals surface area (Å²) in [6.45, 7) is 1.85. The number of nitrogens with zero attached hydrogens (tertiary/aromatic N) is 2. The highest BCUT2D eigenvalue weighted by atomic mass is 35.5. The lowest BCUT2D eigenvalue weighted by molar-refractivity contribution is -0.142. The zero-order valence-electron chi connectivity index (χ0n) is 23.0. The number of carbonyl (C=O) groups excluding carboxylic acids is 2. The van der Waals surface area contributed by atoms with Crippen molar-refractivity contribution in [2.75, 3.05) is 17.7 Å². The number of hydrogen-bond acceptors (Lipinski definition) is 7. The number of aromatic nitrogens is 1. The molecule has 13 heteroatoms. The van der Waals surface area contributed by atoms with Gasteiger partial charge in [0.25, 0.3) is 5.91 Å². The van der Waals surface area contributed by atoms with Crippen LogP contribution in [0.2, 0.25) is 10.0 Å². The monoisotopic (exact) mass is 639 g/mol. The van der Waals surface area contributed by atoms with Crippen LogP contribution < -0.4 is 16.4 Å². The first-order valence-corrected chi connectivity index (χ1v) is 15.0. The fourth-order valence-electron chi connectivity index (χ4n) is 4.04. The van der Waals surface area contributed by atoms with Crippen molar-refractivity contribution in [1.29, 1.82) is 0 Å². The van der Waals surface area contributed by atoms with Crippen LogP contribution in [0.5, 0.6) is 0 Å². The molecule has 3 aromatic carbocycles. The minimum absolute atomic E-state index is 0.0670. The summed E-state index contributed by atoms with van der Waals surface area (Å²) in [6.07, 6.45) is 1.45. The number of halogens is 2. The number of benzene rings is 3. The number of nitrogens with two attached hydrogens (primary N) is 1. The number of aryl methyl sites for hydroxylation is 1. The molecule has 1 aromatic heterocycles. The van der Waals surface area contributed by atoms with Gasteiger partial charge in [-0.3, -0.25) is 4.79 Å². The number of esters is 1. The van der Waals surface area contributed by atoms with Crippen LogP contribution in [0.15, 0.2) is 100.0 Å². The highest BCUT2D eigenvalue weighted by Gasteiger charge is 2.24. The lowest BCUT2D eigenvalue weighted by Gasteiger charge is -2.15. The van der Waals surface area contributed by atoms with Gasteiger partial charge in [0.2, 0.25) is 9.84 Å². The van der Waals surface area contributed by atoms with E-state index in [9.17, 15) is 18.0 Å². The molecule has 1 atom stereocenters. The summed E-state index contributed by atoms with van der Waals surface area (Å²) in [4.78, 5) is 33.6. The van der Waals surface area contributed by atoms with Crippen LogP contribution in [0.4, 0.5) is 11.4 Å². The number of rotatable bonds is 9. The minimum Gasteiger partial charge on any atom is -0.467 e. The van der Waals surface area contributed by atoms with E-state index in [2.05, 4.69) is 20.6 Å². The van der Waals surface area contributed by atoms with Gasteiger partial charge in [-0.25, -0.2) is 23.2 Å². The highest BCUT2D eigenvalue weighted by Crippen LogP contribution is 2.27. The lowest BCUT2D eigenvalue weighted by Crippen LogP contribution is -2.31. The van der Waals surface area contributed by atoms with E-state index in [1.807, 2.05) is 6.92 Å². The Morgan fingerprint density at radius 3 is 2.23 bits per heavy atom. The Kier molecular flexibility index (Phi) is 10.0. The Balaban J connectivity index is 1.51. The zero-order valence-corrected chi connectivity index (χ0v) is 25.4. The van der Waals surface area contributed by atoms with Gasteiger partial charge in [0.1, 0.15) is 0 Å². The summed E-state index contributed by atoms with van der Waals surface area (Å²) in [6, 6.07) is 19.8. The molecule has 0 unspecified atom stereocenters. The van der Waals surface area contributed by atoms with Crippen molar-refractivity contribution in [3.8, 4) is 0 Å². The Hall–Kier alpha value is -4.45. The number of nitrogens with one attached hydrogen (secondary N) is 2. The molecule has 0 aliphatic carbocycles. The molecule has 0 bridgehead atoms. The quantitative estimate of drug-likeness (QED) is 0.127. The predicted molar refractivity (Wildman–Crippen MR) is 166 cm³/mol. The van der Waals surface area contributed by atoms with Gasteiger partial charge in [-0.15, -0.1) is 0 Å². The Labute approximate surface area is 258 Å². The molecular weight excluding hydrogens is 613 g/mol. The maximum atomic E-state index is 13.3. The highest BCUT2D eigenvalue weighted by molar-refractivity contribution is 7.91. The average Bonchev–Trinajstić information content (AvgIpc) is 2.97. The minimum atomic E-state index is -3.99. The third kappa shape index (κ3) is 7.69. The van der Waals surface area contributed by atoms with E-state index in [-0.39, 0.29) is 43.6 Å². The summed E-state index contributed by atoms with van der Waals surface area (Å²) < 4.78 is 31.5. The van der Waals surface area contributed by atoms with Crippen LogP contribution >= 0.6 is 23.2 Å². The van der Waals surface area contributed by atoms with Crippen LogP contribution in [-0.2, 0) is 25.8 Å². The molecule has 43 heavy (non-hydrogen) atoms. The van der Waals surface area contributed by atoms with Crippen LogP contribution in [0.1, 0.15) is 21.5 Å². The van der Waals surface area contributed by atoms with Crippen molar-refractivity contribution < 1.29 is 22.7 Å². The molecule has 0 saturated carbocycles. The molecular formula is C30H27Cl2N5O5S. The number of guanidine groups is 1. The number of pyridine rings is 1. The number of sulfone groups is 1. The third-order valence-electron chi connectivity index (χ3n) is 6.22. The van der Waals surface area contributed by atoms with Crippen molar-refractivity contribution in [2.24, 2.45) is 10.7 Å². The second-order valence-electron chi connectivity index (χ2n) is 9.30. The van der Waals surface area contributed by atoms with E-state index in [4.69, 9.17) is 33.7 Å². The first kappa shape index (κ1) is 31.5. The number of ether oxygens (including phenoxy) is 1. The van der Waals surface area contributed by atoms with E-state index in [1.165, 1.54) is 31.5 Å². The normalized spacial score (nSPS) is 12.3. The molecule has 0 radical (unpaired) electrons. The molecule has 0 saturated heterocycles. The van der Waals surface area contributed by atoms with Crippen molar-refractivity contribution in [2.45, 2.75) is 29.3 Å². The molecule has 222 valence electrons. The van der Waals surface area contributed by atoms with E-state index in [0.717, 1.165) is 5.56 Å². The zero-order chi connectivity index (χ0) is 31.1. The number of amides is 1. The molecule has 10 nitrogen and oxygen atoms in total. The van der Waals surface area contributed by atoms with Gasteiger partial charge >= 0.3 is 5.97 Å². The standard InChI is InChI=1S/C30H27Cl2N5O5S/c1-18-8-14-21(15-9-18)43(40,41)28-24(7-4-16-34-28)36-30(33)37-25(29(39)42-2)17-19-10-12-20(13-11-19)35-27(38)26-22(31)5-3-6-23(26)32/h3-16,25H,17H2,1-2H3,(H,35,38)(H3,33,36,37)/t25-/m0/s1. The lowest BCUT2D eigenvalue weighted by atomic mass is 10.1. The van der Waals surface area contributed by atoms with Gasteiger partial charge in [-0.2, -0.15) is 0 Å². The molecule has 0 aliphatic rings. The third-order valence-corrected chi connectivity index (χ3v) is 8.58. The molecule has 1 heterocycles. The van der Waals surface area contributed by atoms with E-state index in [0.29, 0.717) is 11.3 Å². The molecule has 0 spiro atoms. The fourth-order valence-corrected chi connectivity index (χ4v) is 5.94. The molecule has 1 amide bonds. The van der Waals surface area contributed by atoms with E-state index < -0.39 is 27.8 Å². The van der Waals surface area contributed by atoms with Gasteiger partial charge in [0.05, 0.1) is 33.3 Å². The summed E-state index contributed by atoms with van der Waals surface area (Å²) >= 11 is 12.2. The number of aliphatic imine (C=N–C) groups is 1. The van der Waals surface area contributed by atoms with Crippen molar-refractivity contribution >= 4 is 62.2 Å². The second kappa shape index (κ2) is 13.7. The number of carbonyl (C=O) groups is 2. The Morgan fingerprint density at radius 2 is 1.60 bits per heavy atom. The number of hydrogen-bond donors (Lipinski definition) is 3. The largest absolute Gasteiger partial charge is 0.467 e. The summed E-state index contributed by atoms with van der Waals surface area (Å²) in [5.41, 5.74) is 8.43. The van der Waals surface area contributed by atoms with Gasteiger partial charge in [-0.1, -0.05) is 59.1 Å². The summed E-state index contributed by atoms with van der Waals surface area (Å²) in [5, 5.41) is 5.68. The van der Waals surface area contributed by atoms with Crippen LogP contribution in [0.3, 0.4) is 0 Å². The van der Waals surface area contributed by atoms with Crippen LogP contribution in [0.25, 0.3) is 0 Å². The van der Waals surface area contributed by atoms with Crippen LogP contribution in [0, 0.1) is 6.92 Å². The first-order valence-electron chi connectivity index (χ1n) is 12.8. The molecule has 0 aliphatic heterocycles. The Bertz CT molecular complexity index is 1760. The second-order valence-corrected chi connectivity index (χ2v) is 12.0. The predicted octanol–water partition coefficient (Wildman–Crippen LogP) is 5.29. The van der Waals surface area contributed by atoms with Gasteiger partial charge in [0.15, 0.2) is 17.0 Å². The van der Waals surface area contributed by atoms with Gasteiger partial charge in [0, 0.05) is 18.3 Å². The number of anilines is 2. The van der Waals surface area contributed by atoms with E-state index in [1.54, 1.807) is 60.7 Å². The Morgan fingerprint density at radius 1 is 0.953 bits per heavy atom. The maximum Gasteiger partial charge on any atom is 0.331 e. The van der Waals surface area contributed by atoms with Crippen molar-refractivity contribution in [3.63, 3.8) is 0 Å².